The van der Waals surface area contributed by atoms with E-state index in [0.717, 1.165) is 22.7 Å². The van der Waals surface area contributed by atoms with E-state index < -0.39 is 0 Å². The van der Waals surface area contributed by atoms with Crippen LogP contribution in [0.1, 0.15) is 12.5 Å². The lowest BCUT2D eigenvalue weighted by Crippen LogP contribution is -2.30. The van der Waals surface area contributed by atoms with Gasteiger partial charge in [-0.1, -0.05) is 60.3 Å². The molecule has 3 aromatic rings. The van der Waals surface area contributed by atoms with E-state index in [-0.39, 0.29) is 11.2 Å². The monoisotopic (exact) mass is 382 g/mol. The van der Waals surface area contributed by atoms with Gasteiger partial charge in [-0.05, 0) is 13.0 Å². The van der Waals surface area contributed by atoms with Gasteiger partial charge < -0.3 is 14.6 Å². The van der Waals surface area contributed by atoms with E-state index in [4.69, 9.17) is 4.74 Å². The van der Waals surface area contributed by atoms with Gasteiger partial charge in [0.15, 0.2) is 11.0 Å². The summed E-state index contributed by atoms with van der Waals surface area (Å²) in [6.45, 7) is 2.28. The molecule has 1 heterocycles. The van der Waals surface area contributed by atoms with Crippen LogP contribution in [0, 0.1) is 0 Å². The molecular formula is C20H22N4O2S. The van der Waals surface area contributed by atoms with Crippen molar-refractivity contribution in [3.63, 3.8) is 0 Å². The van der Waals surface area contributed by atoms with Crippen LogP contribution in [-0.4, -0.2) is 33.0 Å². The molecule has 1 N–H and O–H groups in total. The number of amides is 1. The third-order valence-corrected chi connectivity index (χ3v) is 5.30. The fraction of sp³-hybridized carbons (Fsp3) is 0.250. The minimum atomic E-state index is -0.300. The Morgan fingerprint density at radius 3 is 2.59 bits per heavy atom. The fourth-order valence-electron chi connectivity index (χ4n) is 2.64. The molecule has 0 radical (unpaired) electrons. The zero-order chi connectivity index (χ0) is 19.2. The Bertz CT molecular complexity index is 911. The van der Waals surface area contributed by atoms with E-state index in [0.29, 0.717) is 11.7 Å². The lowest BCUT2D eigenvalue weighted by molar-refractivity contribution is -0.120. The Morgan fingerprint density at radius 1 is 1.15 bits per heavy atom. The third kappa shape index (κ3) is 4.49. The van der Waals surface area contributed by atoms with Crippen molar-refractivity contribution in [1.29, 1.82) is 0 Å². The molecule has 6 nitrogen and oxygen atoms in total. The van der Waals surface area contributed by atoms with Crippen LogP contribution in [0.2, 0.25) is 0 Å². The molecule has 0 unspecified atom stereocenters. The van der Waals surface area contributed by atoms with Crippen molar-refractivity contribution in [2.45, 2.75) is 23.9 Å². The molecule has 0 spiro atoms. The normalized spacial score (nSPS) is 11.8. The zero-order valence-corrected chi connectivity index (χ0v) is 16.4. The smallest absolute Gasteiger partial charge is 0.233 e. The Morgan fingerprint density at radius 2 is 1.85 bits per heavy atom. The quantitative estimate of drug-likeness (QED) is 0.635. The highest BCUT2D eigenvalue weighted by molar-refractivity contribution is 8.00. The summed E-state index contributed by atoms with van der Waals surface area (Å²) < 4.78 is 7.22. The Hall–Kier alpha value is -2.80. The van der Waals surface area contributed by atoms with Gasteiger partial charge in [0.05, 0.1) is 12.4 Å². The molecule has 3 rings (SSSR count). The van der Waals surface area contributed by atoms with Crippen LogP contribution < -0.4 is 10.1 Å². The van der Waals surface area contributed by atoms with Crippen molar-refractivity contribution in [3.05, 3.63) is 60.2 Å². The van der Waals surface area contributed by atoms with E-state index in [2.05, 4.69) is 15.5 Å². The second-order valence-corrected chi connectivity index (χ2v) is 7.33. The summed E-state index contributed by atoms with van der Waals surface area (Å²) >= 11 is 1.38. The van der Waals surface area contributed by atoms with Crippen molar-refractivity contribution in [2.24, 2.45) is 7.05 Å². The summed E-state index contributed by atoms with van der Waals surface area (Å²) in [6.07, 6.45) is 0. The van der Waals surface area contributed by atoms with Crippen LogP contribution in [0.3, 0.4) is 0 Å². The summed E-state index contributed by atoms with van der Waals surface area (Å²) in [5, 5.41) is 11.9. The van der Waals surface area contributed by atoms with Gasteiger partial charge in [0.2, 0.25) is 5.91 Å². The molecule has 0 fully saturated rings. The summed E-state index contributed by atoms with van der Waals surface area (Å²) in [5.41, 5.74) is 1.93. The van der Waals surface area contributed by atoms with Crippen LogP contribution >= 0.6 is 11.8 Å². The number of ether oxygens (including phenoxy) is 1. The molecule has 1 atom stereocenters. The van der Waals surface area contributed by atoms with Gasteiger partial charge in [0.25, 0.3) is 0 Å². The maximum atomic E-state index is 12.5. The number of para-hydroxylation sites is 1. The minimum Gasteiger partial charge on any atom is -0.496 e. The molecule has 1 aromatic heterocycles. The summed E-state index contributed by atoms with van der Waals surface area (Å²) in [6, 6.07) is 17.5. The third-order valence-electron chi connectivity index (χ3n) is 4.16. The summed E-state index contributed by atoms with van der Waals surface area (Å²) in [7, 11) is 3.53. The summed E-state index contributed by atoms with van der Waals surface area (Å²) in [5.74, 6) is 1.48. The Labute approximate surface area is 163 Å². The highest BCUT2D eigenvalue weighted by Gasteiger charge is 2.19. The highest BCUT2D eigenvalue weighted by atomic mass is 32.2. The van der Waals surface area contributed by atoms with Crippen molar-refractivity contribution < 1.29 is 9.53 Å². The number of nitrogens with one attached hydrogen (secondary N) is 1. The van der Waals surface area contributed by atoms with Crippen LogP contribution in [0.15, 0.2) is 59.8 Å². The molecular weight excluding hydrogens is 360 g/mol. The molecule has 0 saturated carbocycles. The number of methoxy groups -OCH3 is 1. The molecule has 0 saturated heterocycles. The molecule has 140 valence electrons. The maximum absolute atomic E-state index is 12.5. The van der Waals surface area contributed by atoms with Crippen LogP contribution in [0.4, 0.5) is 0 Å². The SMILES string of the molecule is COc1ccccc1CNC(=O)[C@@H](C)Sc1nnc(-c2ccccc2)n1C. The first-order valence-electron chi connectivity index (χ1n) is 8.61. The molecule has 27 heavy (non-hydrogen) atoms. The van der Waals surface area contributed by atoms with Crippen molar-refractivity contribution in [1.82, 2.24) is 20.1 Å². The predicted octanol–water partition coefficient (Wildman–Crippen LogP) is 3.29. The average Bonchev–Trinajstić information content (AvgIpc) is 3.07. The number of aromatic nitrogens is 3. The van der Waals surface area contributed by atoms with E-state index in [1.165, 1.54) is 11.8 Å². The number of carbonyl (C=O) groups excluding carboxylic acids is 1. The van der Waals surface area contributed by atoms with E-state index in [1.54, 1.807) is 7.11 Å². The molecule has 2 aromatic carbocycles. The minimum absolute atomic E-state index is 0.0600. The molecule has 0 aliphatic rings. The van der Waals surface area contributed by atoms with E-state index in [1.807, 2.05) is 73.1 Å². The number of thioether (sulfide) groups is 1. The van der Waals surface area contributed by atoms with Gasteiger partial charge in [-0.25, -0.2) is 0 Å². The van der Waals surface area contributed by atoms with E-state index >= 15 is 0 Å². The Kier molecular flexibility index (Phi) is 6.13. The van der Waals surface area contributed by atoms with Gasteiger partial charge in [0.1, 0.15) is 5.75 Å². The molecule has 0 bridgehead atoms. The average molecular weight is 382 g/mol. The van der Waals surface area contributed by atoms with Gasteiger partial charge in [-0.15, -0.1) is 10.2 Å². The first kappa shape index (κ1) is 19.0. The first-order valence-corrected chi connectivity index (χ1v) is 9.49. The van der Waals surface area contributed by atoms with E-state index in [9.17, 15) is 4.79 Å². The molecule has 7 heteroatoms. The topological polar surface area (TPSA) is 69.0 Å². The van der Waals surface area contributed by atoms with Crippen molar-refractivity contribution in [2.75, 3.05) is 7.11 Å². The lowest BCUT2D eigenvalue weighted by atomic mass is 10.2. The first-order chi connectivity index (χ1) is 13.1. The number of hydrogen-bond acceptors (Lipinski definition) is 5. The largest absolute Gasteiger partial charge is 0.496 e. The number of carbonyl (C=O) groups is 1. The van der Waals surface area contributed by atoms with Gasteiger partial charge in [0, 0.05) is 24.7 Å². The summed E-state index contributed by atoms with van der Waals surface area (Å²) in [4.78, 5) is 12.5. The second kappa shape index (κ2) is 8.73. The van der Waals surface area contributed by atoms with Gasteiger partial charge in [-0.2, -0.15) is 0 Å². The van der Waals surface area contributed by atoms with Gasteiger partial charge in [-0.3, -0.25) is 4.79 Å². The van der Waals surface area contributed by atoms with Crippen LogP contribution in [-0.2, 0) is 18.4 Å². The number of hydrogen-bond donors (Lipinski definition) is 1. The fourth-order valence-corrected chi connectivity index (χ4v) is 3.48. The van der Waals surface area contributed by atoms with Crippen LogP contribution in [0.5, 0.6) is 5.75 Å². The zero-order valence-electron chi connectivity index (χ0n) is 15.5. The molecule has 0 aliphatic carbocycles. The highest BCUT2D eigenvalue weighted by Crippen LogP contribution is 2.25. The molecule has 0 aliphatic heterocycles. The van der Waals surface area contributed by atoms with Crippen LogP contribution in [0.25, 0.3) is 11.4 Å². The predicted molar refractivity (Wildman–Crippen MR) is 107 cm³/mol. The van der Waals surface area contributed by atoms with Crippen molar-refractivity contribution in [3.8, 4) is 17.1 Å². The Balaban J connectivity index is 1.63. The molecule has 1 amide bonds. The second-order valence-electron chi connectivity index (χ2n) is 6.02. The lowest BCUT2D eigenvalue weighted by Gasteiger charge is -2.13. The standard InChI is InChI=1S/C20H22N4O2S/c1-14(19(25)21-13-16-11-7-8-12-17(16)26-3)27-20-23-22-18(24(20)2)15-9-5-4-6-10-15/h4-12,14H,13H2,1-3H3,(H,21,25)/t14-/m1/s1. The van der Waals surface area contributed by atoms with Gasteiger partial charge >= 0.3 is 0 Å². The maximum Gasteiger partial charge on any atom is 0.233 e. The number of rotatable bonds is 7. The number of nitrogens with zero attached hydrogens (tertiary/aromatic N) is 3. The van der Waals surface area contributed by atoms with Crippen molar-refractivity contribution >= 4 is 17.7 Å². The number of benzene rings is 2.